The van der Waals surface area contributed by atoms with Gasteiger partial charge in [-0.25, -0.2) is 5.48 Å². The van der Waals surface area contributed by atoms with Crippen molar-refractivity contribution in [2.45, 2.75) is 12.8 Å². The maximum absolute atomic E-state index is 12.0. The predicted molar refractivity (Wildman–Crippen MR) is 109 cm³/mol. The molecule has 28 heavy (non-hydrogen) atoms. The fraction of sp³-hybridized carbons (Fsp3) is 0.0909. The normalized spacial score (nSPS) is 10.5. The molecule has 0 saturated heterocycles. The third-order valence-corrected chi connectivity index (χ3v) is 4.83. The van der Waals surface area contributed by atoms with Gasteiger partial charge in [0.05, 0.1) is 0 Å². The van der Waals surface area contributed by atoms with Crippen LogP contribution in [0.1, 0.15) is 31.8 Å². The predicted octanol–water partition coefficient (Wildman–Crippen LogP) is 4.01. The van der Waals surface area contributed by atoms with Gasteiger partial charge in [-0.1, -0.05) is 48.0 Å². The molecule has 3 aromatic carbocycles. The summed E-state index contributed by atoms with van der Waals surface area (Å²) >= 11 is 5.94. The van der Waals surface area contributed by atoms with E-state index >= 15 is 0 Å². The lowest BCUT2D eigenvalue weighted by Crippen LogP contribution is -2.18. The Balaban J connectivity index is 1.96. The molecule has 0 spiro atoms. The standard InChI is InChI=1S/C22H19ClN2O3/c23-17-11-4-14(5-12-17)6-13-19-18(2-1-3-20(19)21(24)26)15-7-9-16(10-8-15)22(27)25-28/h1-5,7-12,28H,6,13H2,(H2,24,26)(H,25,27). The molecule has 0 aliphatic carbocycles. The Kier molecular flexibility index (Phi) is 6.09. The minimum absolute atomic E-state index is 0.333. The van der Waals surface area contributed by atoms with Crippen molar-refractivity contribution in [3.8, 4) is 11.1 Å². The zero-order valence-corrected chi connectivity index (χ0v) is 15.7. The first-order valence-electron chi connectivity index (χ1n) is 8.70. The SMILES string of the molecule is NC(=O)c1cccc(-c2ccc(C(=O)NO)cc2)c1CCc1ccc(Cl)cc1. The molecule has 0 saturated carbocycles. The molecule has 2 amide bonds. The van der Waals surface area contributed by atoms with Crippen LogP contribution < -0.4 is 11.2 Å². The molecule has 0 bridgehead atoms. The van der Waals surface area contributed by atoms with Crippen LogP contribution in [0.4, 0.5) is 0 Å². The molecule has 0 unspecified atom stereocenters. The number of benzene rings is 3. The van der Waals surface area contributed by atoms with Crippen molar-refractivity contribution in [1.29, 1.82) is 0 Å². The van der Waals surface area contributed by atoms with E-state index < -0.39 is 11.8 Å². The van der Waals surface area contributed by atoms with E-state index in [1.165, 1.54) is 0 Å². The number of hydrogen-bond acceptors (Lipinski definition) is 3. The number of primary amides is 1. The lowest BCUT2D eigenvalue weighted by atomic mass is 9.90. The molecule has 0 aliphatic rings. The van der Waals surface area contributed by atoms with E-state index in [1.54, 1.807) is 41.9 Å². The zero-order valence-electron chi connectivity index (χ0n) is 15.0. The van der Waals surface area contributed by atoms with Crippen LogP contribution in [0.25, 0.3) is 11.1 Å². The Morgan fingerprint density at radius 2 is 1.61 bits per heavy atom. The van der Waals surface area contributed by atoms with E-state index in [0.717, 1.165) is 28.7 Å². The van der Waals surface area contributed by atoms with Crippen molar-refractivity contribution < 1.29 is 14.8 Å². The van der Waals surface area contributed by atoms with Crippen molar-refractivity contribution in [2.75, 3.05) is 0 Å². The number of nitrogens with two attached hydrogens (primary N) is 1. The summed E-state index contributed by atoms with van der Waals surface area (Å²) in [6, 6.07) is 19.8. The summed E-state index contributed by atoms with van der Waals surface area (Å²) < 4.78 is 0. The summed E-state index contributed by atoms with van der Waals surface area (Å²) in [6.45, 7) is 0. The second kappa shape index (κ2) is 8.69. The highest BCUT2D eigenvalue weighted by atomic mass is 35.5. The Bertz CT molecular complexity index is 999. The van der Waals surface area contributed by atoms with Gasteiger partial charge in [-0.05, 0) is 65.4 Å². The van der Waals surface area contributed by atoms with Gasteiger partial charge in [0.15, 0.2) is 0 Å². The molecule has 142 valence electrons. The van der Waals surface area contributed by atoms with Crippen LogP contribution >= 0.6 is 11.6 Å². The average Bonchev–Trinajstić information content (AvgIpc) is 2.72. The van der Waals surface area contributed by atoms with Gasteiger partial charge < -0.3 is 5.73 Å². The maximum atomic E-state index is 12.0. The summed E-state index contributed by atoms with van der Waals surface area (Å²) in [5.41, 5.74) is 11.7. The van der Waals surface area contributed by atoms with Crippen LogP contribution in [0.15, 0.2) is 66.7 Å². The average molecular weight is 395 g/mol. The minimum atomic E-state index is -0.583. The number of nitrogens with one attached hydrogen (secondary N) is 1. The second-order valence-corrected chi connectivity index (χ2v) is 6.78. The summed E-state index contributed by atoms with van der Waals surface area (Å²) in [7, 11) is 0. The van der Waals surface area contributed by atoms with Crippen molar-refractivity contribution in [3.63, 3.8) is 0 Å². The van der Waals surface area contributed by atoms with Crippen LogP contribution in [-0.2, 0) is 12.8 Å². The summed E-state index contributed by atoms with van der Waals surface area (Å²) in [4.78, 5) is 23.5. The number of aryl methyl sites for hydroxylation is 1. The first-order valence-corrected chi connectivity index (χ1v) is 9.08. The molecule has 3 aromatic rings. The fourth-order valence-electron chi connectivity index (χ4n) is 3.14. The van der Waals surface area contributed by atoms with Crippen LogP contribution in [-0.4, -0.2) is 17.0 Å². The molecule has 0 aliphatic heterocycles. The van der Waals surface area contributed by atoms with Crippen LogP contribution in [0, 0.1) is 0 Å². The molecular weight excluding hydrogens is 376 g/mol. The van der Waals surface area contributed by atoms with Gasteiger partial charge >= 0.3 is 0 Å². The summed E-state index contributed by atoms with van der Waals surface area (Å²) in [5.74, 6) is -1.07. The topological polar surface area (TPSA) is 92.4 Å². The molecule has 6 heteroatoms. The Labute approximate surface area is 167 Å². The Hall–Kier alpha value is -3.15. The highest BCUT2D eigenvalue weighted by Gasteiger charge is 2.14. The fourth-order valence-corrected chi connectivity index (χ4v) is 3.27. The zero-order chi connectivity index (χ0) is 20.1. The Morgan fingerprint density at radius 3 is 2.21 bits per heavy atom. The van der Waals surface area contributed by atoms with Gasteiger partial charge in [0.1, 0.15) is 0 Å². The van der Waals surface area contributed by atoms with Crippen LogP contribution in [0.3, 0.4) is 0 Å². The van der Waals surface area contributed by atoms with Gasteiger partial charge in [-0.15, -0.1) is 0 Å². The number of carbonyl (C=O) groups excluding carboxylic acids is 2. The molecule has 0 fully saturated rings. The van der Waals surface area contributed by atoms with Gasteiger partial charge in [0.25, 0.3) is 5.91 Å². The quantitative estimate of drug-likeness (QED) is 0.435. The molecule has 3 rings (SSSR count). The van der Waals surface area contributed by atoms with Crippen LogP contribution in [0.2, 0.25) is 5.02 Å². The molecule has 0 heterocycles. The van der Waals surface area contributed by atoms with Crippen molar-refractivity contribution >= 4 is 23.4 Å². The van der Waals surface area contributed by atoms with Crippen molar-refractivity contribution in [1.82, 2.24) is 5.48 Å². The van der Waals surface area contributed by atoms with E-state index in [-0.39, 0.29) is 0 Å². The minimum Gasteiger partial charge on any atom is -0.366 e. The number of hydrogen-bond donors (Lipinski definition) is 3. The lowest BCUT2D eigenvalue weighted by Gasteiger charge is -2.14. The second-order valence-electron chi connectivity index (χ2n) is 6.34. The largest absolute Gasteiger partial charge is 0.366 e. The Morgan fingerprint density at radius 1 is 0.929 bits per heavy atom. The third kappa shape index (κ3) is 4.39. The van der Waals surface area contributed by atoms with Crippen molar-refractivity contribution in [3.05, 3.63) is 94.0 Å². The number of hydroxylamine groups is 1. The number of rotatable bonds is 6. The van der Waals surface area contributed by atoms with E-state index in [2.05, 4.69) is 0 Å². The molecule has 5 nitrogen and oxygen atoms in total. The van der Waals surface area contributed by atoms with Gasteiger partial charge in [-0.2, -0.15) is 0 Å². The van der Waals surface area contributed by atoms with E-state index in [4.69, 9.17) is 22.5 Å². The van der Waals surface area contributed by atoms with Gasteiger partial charge in [0.2, 0.25) is 5.91 Å². The summed E-state index contributed by atoms with van der Waals surface area (Å²) in [6.07, 6.45) is 1.34. The van der Waals surface area contributed by atoms with E-state index in [0.29, 0.717) is 22.6 Å². The first kappa shape index (κ1) is 19.6. The number of halogens is 1. The van der Waals surface area contributed by atoms with Crippen LogP contribution in [0.5, 0.6) is 0 Å². The van der Waals surface area contributed by atoms with Gasteiger partial charge in [-0.3, -0.25) is 14.8 Å². The highest BCUT2D eigenvalue weighted by Crippen LogP contribution is 2.28. The van der Waals surface area contributed by atoms with E-state index in [1.807, 2.05) is 30.3 Å². The molecular formula is C22H19ClN2O3. The molecule has 4 N–H and O–H groups in total. The number of amides is 2. The van der Waals surface area contributed by atoms with Gasteiger partial charge in [0, 0.05) is 16.1 Å². The molecule has 0 aromatic heterocycles. The smallest absolute Gasteiger partial charge is 0.274 e. The first-order chi connectivity index (χ1) is 13.5. The van der Waals surface area contributed by atoms with Crippen molar-refractivity contribution in [2.24, 2.45) is 5.73 Å². The lowest BCUT2D eigenvalue weighted by molar-refractivity contribution is 0.0706. The monoisotopic (exact) mass is 394 g/mol. The highest BCUT2D eigenvalue weighted by molar-refractivity contribution is 6.30. The molecule has 0 atom stereocenters. The van der Waals surface area contributed by atoms with E-state index in [9.17, 15) is 9.59 Å². The number of carbonyl (C=O) groups is 2. The maximum Gasteiger partial charge on any atom is 0.274 e. The molecule has 0 radical (unpaired) electrons. The third-order valence-electron chi connectivity index (χ3n) is 4.58. The summed E-state index contributed by atoms with van der Waals surface area (Å²) in [5, 5.41) is 9.43.